The second kappa shape index (κ2) is 5.08. The smallest absolute Gasteiger partial charge is 0.134 e. The third kappa shape index (κ3) is 2.80. The fourth-order valence-electron chi connectivity index (χ4n) is 2.54. The third-order valence-corrected chi connectivity index (χ3v) is 3.74. The van der Waals surface area contributed by atoms with E-state index in [4.69, 9.17) is 4.74 Å². The molecule has 0 aliphatic heterocycles. The molecule has 2 aromatic rings. The molecule has 1 N–H and O–H groups in total. The first-order chi connectivity index (χ1) is 9.26. The SMILES string of the molecule is COc1ccc2c(NC(C)CC3CC3)nccc2c1. The highest BCUT2D eigenvalue weighted by Crippen LogP contribution is 2.34. The van der Waals surface area contributed by atoms with Crippen molar-refractivity contribution in [3.05, 3.63) is 30.5 Å². The summed E-state index contributed by atoms with van der Waals surface area (Å²) in [6.45, 7) is 2.24. The lowest BCUT2D eigenvalue weighted by molar-refractivity contribution is 0.415. The fourth-order valence-corrected chi connectivity index (χ4v) is 2.54. The van der Waals surface area contributed by atoms with E-state index in [0.29, 0.717) is 6.04 Å². The highest BCUT2D eigenvalue weighted by Gasteiger charge is 2.23. The third-order valence-electron chi connectivity index (χ3n) is 3.74. The number of rotatable bonds is 5. The van der Waals surface area contributed by atoms with Gasteiger partial charge in [-0.1, -0.05) is 12.8 Å². The van der Waals surface area contributed by atoms with E-state index < -0.39 is 0 Å². The molecular weight excluding hydrogens is 236 g/mol. The first kappa shape index (κ1) is 12.3. The Bertz CT molecular complexity index is 578. The lowest BCUT2D eigenvalue weighted by Crippen LogP contribution is -2.16. The highest BCUT2D eigenvalue weighted by molar-refractivity contribution is 5.92. The van der Waals surface area contributed by atoms with Gasteiger partial charge in [0.15, 0.2) is 0 Å². The van der Waals surface area contributed by atoms with Crippen molar-refractivity contribution in [2.24, 2.45) is 5.92 Å². The predicted molar refractivity (Wildman–Crippen MR) is 78.7 cm³/mol. The van der Waals surface area contributed by atoms with Crippen LogP contribution in [0.15, 0.2) is 30.5 Å². The summed E-state index contributed by atoms with van der Waals surface area (Å²) in [5.41, 5.74) is 0. The maximum Gasteiger partial charge on any atom is 0.134 e. The molecule has 1 aliphatic rings. The summed E-state index contributed by atoms with van der Waals surface area (Å²) in [7, 11) is 1.69. The predicted octanol–water partition coefficient (Wildman–Crippen LogP) is 3.84. The molecule has 19 heavy (non-hydrogen) atoms. The Morgan fingerprint density at radius 1 is 1.37 bits per heavy atom. The lowest BCUT2D eigenvalue weighted by atomic mass is 10.1. The molecule has 100 valence electrons. The molecule has 0 spiro atoms. The van der Waals surface area contributed by atoms with Crippen LogP contribution >= 0.6 is 0 Å². The van der Waals surface area contributed by atoms with Gasteiger partial charge in [0.2, 0.25) is 0 Å². The zero-order valence-corrected chi connectivity index (χ0v) is 11.5. The molecule has 3 heteroatoms. The first-order valence-electron chi connectivity index (χ1n) is 6.95. The van der Waals surface area contributed by atoms with Crippen LogP contribution in [0, 0.1) is 5.92 Å². The van der Waals surface area contributed by atoms with Gasteiger partial charge in [-0.3, -0.25) is 0 Å². The van der Waals surface area contributed by atoms with Crippen molar-refractivity contribution in [2.45, 2.75) is 32.2 Å². The molecule has 0 radical (unpaired) electrons. The van der Waals surface area contributed by atoms with E-state index in [0.717, 1.165) is 28.3 Å². The van der Waals surface area contributed by atoms with Crippen molar-refractivity contribution in [1.82, 2.24) is 4.98 Å². The number of nitrogens with one attached hydrogen (secondary N) is 1. The maximum atomic E-state index is 5.26. The van der Waals surface area contributed by atoms with Gasteiger partial charge in [-0.2, -0.15) is 0 Å². The Labute approximate surface area is 114 Å². The van der Waals surface area contributed by atoms with Gasteiger partial charge in [-0.05, 0) is 48.9 Å². The molecule has 3 rings (SSSR count). The average Bonchev–Trinajstić information content (AvgIpc) is 3.22. The fraction of sp³-hybridized carbons (Fsp3) is 0.438. The maximum absolute atomic E-state index is 5.26. The average molecular weight is 256 g/mol. The summed E-state index contributed by atoms with van der Waals surface area (Å²) < 4.78 is 5.26. The molecule has 1 aliphatic carbocycles. The van der Waals surface area contributed by atoms with Crippen LogP contribution < -0.4 is 10.1 Å². The van der Waals surface area contributed by atoms with Gasteiger partial charge >= 0.3 is 0 Å². The molecule has 0 saturated heterocycles. The molecule has 1 atom stereocenters. The van der Waals surface area contributed by atoms with Crippen LogP contribution in [0.2, 0.25) is 0 Å². The van der Waals surface area contributed by atoms with Crippen LogP contribution in [0.25, 0.3) is 10.8 Å². The molecule has 1 fully saturated rings. The van der Waals surface area contributed by atoms with Crippen molar-refractivity contribution in [3.63, 3.8) is 0 Å². The molecule has 0 bridgehead atoms. The van der Waals surface area contributed by atoms with Crippen LogP contribution in [0.5, 0.6) is 5.75 Å². The number of hydrogen-bond acceptors (Lipinski definition) is 3. The largest absolute Gasteiger partial charge is 0.497 e. The van der Waals surface area contributed by atoms with Crippen LogP contribution in [0.4, 0.5) is 5.82 Å². The van der Waals surface area contributed by atoms with E-state index >= 15 is 0 Å². The Hall–Kier alpha value is -1.77. The Kier molecular flexibility index (Phi) is 3.28. The molecule has 1 unspecified atom stereocenters. The number of pyridine rings is 1. The molecule has 1 aromatic carbocycles. The number of aromatic nitrogens is 1. The van der Waals surface area contributed by atoms with Gasteiger partial charge in [0, 0.05) is 17.6 Å². The van der Waals surface area contributed by atoms with Gasteiger partial charge < -0.3 is 10.1 Å². The van der Waals surface area contributed by atoms with Crippen LogP contribution in [-0.2, 0) is 0 Å². The molecule has 0 amide bonds. The van der Waals surface area contributed by atoms with E-state index in [9.17, 15) is 0 Å². The number of hydrogen-bond donors (Lipinski definition) is 1. The zero-order valence-electron chi connectivity index (χ0n) is 11.5. The van der Waals surface area contributed by atoms with E-state index in [1.807, 2.05) is 24.4 Å². The van der Waals surface area contributed by atoms with Crippen molar-refractivity contribution in [3.8, 4) is 5.75 Å². The standard InChI is InChI=1S/C16H20N2O/c1-11(9-12-3-4-12)18-16-15-6-5-14(19-2)10-13(15)7-8-17-16/h5-8,10-12H,3-4,9H2,1-2H3,(H,17,18). The van der Waals surface area contributed by atoms with Crippen LogP contribution in [0.1, 0.15) is 26.2 Å². The van der Waals surface area contributed by atoms with Crippen LogP contribution in [-0.4, -0.2) is 18.1 Å². The summed E-state index contributed by atoms with van der Waals surface area (Å²) in [6.07, 6.45) is 5.89. The van der Waals surface area contributed by atoms with Crippen LogP contribution in [0.3, 0.4) is 0 Å². The summed E-state index contributed by atoms with van der Waals surface area (Å²) in [4.78, 5) is 4.48. The summed E-state index contributed by atoms with van der Waals surface area (Å²) in [6, 6.07) is 8.61. The topological polar surface area (TPSA) is 34.1 Å². The van der Waals surface area contributed by atoms with E-state index in [-0.39, 0.29) is 0 Å². The van der Waals surface area contributed by atoms with Gasteiger partial charge in [-0.25, -0.2) is 4.98 Å². The summed E-state index contributed by atoms with van der Waals surface area (Å²) in [5.74, 6) is 2.79. The molecule has 1 aromatic heterocycles. The Morgan fingerprint density at radius 3 is 2.95 bits per heavy atom. The Morgan fingerprint density at radius 2 is 2.21 bits per heavy atom. The number of ether oxygens (including phenoxy) is 1. The first-order valence-corrected chi connectivity index (χ1v) is 6.95. The summed E-state index contributed by atoms with van der Waals surface area (Å²) >= 11 is 0. The van der Waals surface area contributed by atoms with Gasteiger partial charge in [-0.15, -0.1) is 0 Å². The normalized spacial score (nSPS) is 16.3. The number of anilines is 1. The Balaban J connectivity index is 1.85. The minimum absolute atomic E-state index is 0.479. The quantitative estimate of drug-likeness (QED) is 0.882. The molecule has 3 nitrogen and oxygen atoms in total. The minimum atomic E-state index is 0.479. The number of methoxy groups -OCH3 is 1. The van der Waals surface area contributed by atoms with Gasteiger partial charge in [0.1, 0.15) is 11.6 Å². The van der Waals surface area contributed by atoms with E-state index in [1.54, 1.807) is 7.11 Å². The second-order valence-electron chi connectivity index (χ2n) is 5.47. The van der Waals surface area contributed by atoms with E-state index in [2.05, 4.69) is 23.3 Å². The minimum Gasteiger partial charge on any atom is -0.497 e. The van der Waals surface area contributed by atoms with Crippen molar-refractivity contribution in [2.75, 3.05) is 12.4 Å². The van der Waals surface area contributed by atoms with Crippen molar-refractivity contribution >= 4 is 16.6 Å². The van der Waals surface area contributed by atoms with E-state index in [1.165, 1.54) is 19.3 Å². The van der Waals surface area contributed by atoms with Crippen molar-refractivity contribution < 1.29 is 4.74 Å². The zero-order chi connectivity index (χ0) is 13.2. The second-order valence-corrected chi connectivity index (χ2v) is 5.47. The monoisotopic (exact) mass is 256 g/mol. The number of benzene rings is 1. The van der Waals surface area contributed by atoms with Gasteiger partial charge in [0.05, 0.1) is 7.11 Å². The molecule has 1 saturated carbocycles. The van der Waals surface area contributed by atoms with Gasteiger partial charge in [0.25, 0.3) is 0 Å². The lowest BCUT2D eigenvalue weighted by Gasteiger charge is -2.15. The molecular formula is C16H20N2O. The number of nitrogens with zero attached hydrogens (tertiary/aromatic N) is 1. The number of fused-ring (bicyclic) bond motifs is 1. The highest BCUT2D eigenvalue weighted by atomic mass is 16.5. The molecule has 1 heterocycles. The van der Waals surface area contributed by atoms with Crippen molar-refractivity contribution in [1.29, 1.82) is 0 Å². The summed E-state index contributed by atoms with van der Waals surface area (Å²) in [5, 5.41) is 5.86.